The van der Waals surface area contributed by atoms with Crippen LogP contribution in [0.4, 0.5) is 4.79 Å². The Hall–Kier alpha value is -1.98. The maximum atomic E-state index is 11.8. The molecule has 0 aromatic carbocycles. The first kappa shape index (κ1) is 16.1. The molecule has 0 aliphatic carbocycles. The molecule has 2 amide bonds. The number of carbonyl (C=O) groups is 2. The van der Waals surface area contributed by atoms with Crippen molar-refractivity contribution in [1.29, 1.82) is 0 Å². The first-order chi connectivity index (χ1) is 9.28. The summed E-state index contributed by atoms with van der Waals surface area (Å²) in [5.74, 6) is -0.0635. The molecule has 1 atom stereocenters. The van der Waals surface area contributed by atoms with Gasteiger partial charge in [-0.25, -0.2) is 4.79 Å². The molecule has 0 saturated carbocycles. The summed E-state index contributed by atoms with van der Waals surface area (Å²) in [6.07, 6.45) is 2.99. The SMILES string of the molecule is CC(CCc1ccco1)NC(=O)NC(C)(C)CC(=O)O. The van der Waals surface area contributed by atoms with E-state index in [0.29, 0.717) is 0 Å². The molecule has 1 heterocycles. The average Bonchev–Trinajstić information content (AvgIpc) is 2.75. The Morgan fingerprint density at radius 3 is 2.70 bits per heavy atom. The highest BCUT2D eigenvalue weighted by Gasteiger charge is 2.24. The molecule has 0 aliphatic rings. The lowest BCUT2D eigenvalue weighted by molar-refractivity contribution is -0.138. The van der Waals surface area contributed by atoms with Crippen molar-refractivity contribution in [3.8, 4) is 0 Å². The van der Waals surface area contributed by atoms with E-state index < -0.39 is 11.5 Å². The summed E-state index contributed by atoms with van der Waals surface area (Å²) in [5.41, 5.74) is -0.781. The quantitative estimate of drug-likeness (QED) is 0.714. The Kier molecular flexibility index (Phi) is 5.61. The van der Waals surface area contributed by atoms with E-state index >= 15 is 0 Å². The van der Waals surface area contributed by atoms with Crippen molar-refractivity contribution in [3.05, 3.63) is 24.2 Å². The zero-order valence-electron chi connectivity index (χ0n) is 12.1. The fraction of sp³-hybridized carbons (Fsp3) is 0.571. The third-order valence-electron chi connectivity index (χ3n) is 2.83. The Morgan fingerprint density at radius 1 is 1.45 bits per heavy atom. The number of urea groups is 1. The Labute approximate surface area is 118 Å². The minimum absolute atomic E-state index is 0.0271. The first-order valence-corrected chi connectivity index (χ1v) is 6.61. The Balaban J connectivity index is 2.32. The van der Waals surface area contributed by atoms with Crippen LogP contribution in [-0.2, 0) is 11.2 Å². The van der Waals surface area contributed by atoms with Gasteiger partial charge in [-0.1, -0.05) is 0 Å². The van der Waals surface area contributed by atoms with Gasteiger partial charge in [0, 0.05) is 18.0 Å². The summed E-state index contributed by atoms with van der Waals surface area (Å²) < 4.78 is 5.22. The van der Waals surface area contributed by atoms with E-state index in [1.54, 1.807) is 20.1 Å². The lowest BCUT2D eigenvalue weighted by Gasteiger charge is -2.25. The van der Waals surface area contributed by atoms with Crippen LogP contribution in [0.15, 0.2) is 22.8 Å². The number of amides is 2. The van der Waals surface area contributed by atoms with Gasteiger partial charge in [-0.05, 0) is 39.3 Å². The Bertz CT molecular complexity index is 440. The van der Waals surface area contributed by atoms with Crippen LogP contribution >= 0.6 is 0 Å². The van der Waals surface area contributed by atoms with Gasteiger partial charge in [0.15, 0.2) is 0 Å². The summed E-state index contributed by atoms with van der Waals surface area (Å²) in [7, 11) is 0. The predicted octanol–water partition coefficient (Wildman–Crippen LogP) is 2.15. The maximum absolute atomic E-state index is 11.8. The molecule has 0 radical (unpaired) electrons. The summed E-state index contributed by atoms with van der Waals surface area (Å²) in [4.78, 5) is 22.4. The zero-order valence-corrected chi connectivity index (χ0v) is 12.1. The molecular weight excluding hydrogens is 260 g/mol. The second kappa shape index (κ2) is 6.98. The van der Waals surface area contributed by atoms with Crippen LogP contribution in [0.1, 0.15) is 39.4 Å². The van der Waals surface area contributed by atoms with Gasteiger partial charge < -0.3 is 20.2 Å². The second-order valence-corrected chi connectivity index (χ2v) is 5.57. The first-order valence-electron chi connectivity index (χ1n) is 6.61. The molecule has 1 unspecified atom stereocenters. The van der Waals surface area contributed by atoms with Gasteiger partial charge in [-0.15, -0.1) is 0 Å². The molecule has 1 aromatic rings. The monoisotopic (exact) mass is 282 g/mol. The number of furan rings is 1. The van der Waals surface area contributed by atoms with Crippen molar-refractivity contribution in [2.75, 3.05) is 0 Å². The molecule has 0 bridgehead atoms. The molecule has 6 heteroatoms. The number of carboxylic acids is 1. The summed E-state index contributed by atoms with van der Waals surface area (Å²) in [5, 5.41) is 14.2. The number of nitrogens with one attached hydrogen (secondary N) is 2. The maximum Gasteiger partial charge on any atom is 0.315 e. The summed E-state index contributed by atoms with van der Waals surface area (Å²) >= 11 is 0. The van der Waals surface area contributed by atoms with Gasteiger partial charge in [0.1, 0.15) is 5.76 Å². The van der Waals surface area contributed by atoms with E-state index in [1.807, 2.05) is 19.1 Å². The number of hydrogen-bond donors (Lipinski definition) is 3. The summed E-state index contributed by atoms with van der Waals surface area (Å²) in [6.45, 7) is 5.25. The van der Waals surface area contributed by atoms with Crippen LogP contribution in [0.3, 0.4) is 0 Å². The van der Waals surface area contributed by atoms with E-state index in [2.05, 4.69) is 10.6 Å². The number of aliphatic carboxylic acids is 1. The topological polar surface area (TPSA) is 91.6 Å². The lowest BCUT2D eigenvalue weighted by atomic mass is 10.0. The summed E-state index contributed by atoms with van der Waals surface area (Å²) in [6, 6.07) is 3.33. The molecule has 1 rings (SSSR count). The van der Waals surface area contributed by atoms with Crippen molar-refractivity contribution < 1.29 is 19.1 Å². The van der Waals surface area contributed by atoms with E-state index in [1.165, 1.54) is 0 Å². The molecule has 112 valence electrons. The molecule has 3 N–H and O–H groups in total. The molecule has 1 aromatic heterocycles. The van der Waals surface area contributed by atoms with Crippen LogP contribution in [0.2, 0.25) is 0 Å². The largest absolute Gasteiger partial charge is 0.481 e. The van der Waals surface area contributed by atoms with Crippen LogP contribution < -0.4 is 10.6 Å². The minimum atomic E-state index is -0.943. The fourth-order valence-electron chi connectivity index (χ4n) is 1.88. The highest BCUT2D eigenvalue weighted by molar-refractivity contribution is 5.76. The number of aryl methyl sites for hydroxylation is 1. The molecule has 0 spiro atoms. The second-order valence-electron chi connectivity index (χ2n) is 5.57. The third kappa shape index (κ3) is 6.26. The molecule has 20 heavy (non-hydrogen) atoms. The van der Waals surface area contributed by atoms with E-state index in [0.717, 1.165) is 18.6 Å². The fourth-order valence-corrected chi connectivity index (χ4v) is 1.88. The van der Waals surface area contributed by atoms with Crippen LogP contribution in [-0.4, -0.2) is 28.7 Å². The predicted molar refractivity (Wildman–Crippen MR) is 74.5 cm³/mol. The van der Waals surface area contributed by atoms with Crippen LogP contribution in [0.25, 0.3) is 0 Å². The van der Waals surface area contributed by atoms with Crippen molar-refractivity contribution in [2.45, 2.75) is 51.6 Å². The van der Waals surface area contributed by atoms with Gasteiger partial charge in [-0.3, -0.25) is 4.79 Å². The number of carboxylic acid groups (broad SMARTS) is 1. The van der Waals surface area contributed by atoms with Crippen LogP contribution in [0.5, 0.6) is 0 Å². The van der Waals surface area contributed by atoms with Gasteiger partial charge in [-0.2, -0.15) is 0 Å². The standard InChI is InChI=1S/C14H22N2O4/c1-10(6-7-11-5-4-8-20-11)15-13(19)16-14(2,3)9-12(17)18/h4-5,8,10H,6-7,9H2,1-3H3,(H,17,18)(H2,15,16,19). The molecule has 6 nitrogen and oxygen atoms in total. The van der Waals surface area contributed by atoms with Gasteiger partial charge >= 0.3 is 12.0 Å². The number of rotatable bonds is 7. The van der Waals surface area contributed by atoms with Crippen molar-refractivity contribution in [1.82, 2.24) is 10.6 Å². The van der Waals surface area contributed by atoms with Gasteiger partial charge in [0.25, 0.3) is 0 Å². The minimum Gasteiger partial charge on any atom is -0.481 e. The lowest BCUT2D eigenvalue weighted by Crippen LogP contribution is -2.51. The van der Waals surface area contributed by atoms with Gasteiger partial charge in [0.2, 0.25) is 0 Å². The van der Waals surface area contributed by atoms with E-state index in [9.17, 15) is 9.59 Å². The van der Waals surface area contributed by atoms with Gasteiger partial charge in [0.05, 0.1) is 12.7 Å². The molecule has 0 fully saturated rings. The highest BCUT2D eigenvalue weighted by atomic mass is 16.4. The smallest absolute Gasteiger partial charge is 0.315 e. The van der Waals surface area contributed by atoms with E-state index in [4.69, 9.17) is 9.52 Å². The average molecular weight is 282 g/mol. The normalized spacial score (nSPS) is 12.8. The van der Waals surface area contributed by atoms with Crippen molar-refractivity contribution in [3.63, 3.8) is 0 Å². The van der Waals surface area contributed by atoms with Crippen molar-refractivity contribution >= 4 is 12.0 Å². The van der Waals surface area contributed by atoms with Crippen LogP contribution in [0, 0.1) is 0 Å². The Morgan fingerprint density at radius 2 is 2.15 bits per heavy atom. The number of carbonyl (C=O) groups excluding carboxylic acids is 1. The highest BCUT2D eigenvalue weighted by Crippen LogP contribution is 2.08. The molecule has 0 aliphatic heterocycles. The molecule has 0 saturated heterocycles. The zero-order chi connectivity index (χ0) is 15.2. The number of hydrogen-bond acceptors (Lipinski definition) is 3. The molecular formula is C14H22N2O4. The van der Waals surface area contributed by atoms with Crippen molar-refractivity contribution in [2.24, 2.45) is 0 Å². The van der Waals surface area contributed by atoms with E-state index in [-0.39, 0.29) is 18.5 Å². The third-order valence-corrected chi connectivity index (χ3v) is 2.83.